The summed E-state index contributed by atoms with van der Waals surface area (Å²) >= 11 is 0. The van der Waals surface area contributed by atoms with Crippen LogP contribution in [0, 0.1) is 23.2 Å². The van der Waals surface area contributed by atoms with Crippen LogP contribution in [0.3, 0.4) is 0 Å². The highest BCUT2D eigenvalue weighted by Gasteiger charge is 2.43. The van der Waals surface area contributed by atoms with Gasteiger partial charge in [0.15, 0.2) is 5.76 Å². The predicted octanol–water partition coefficient (Wildman–Crippen LogP) is 0.966. The van der Waals surface area contributed by atoms with Crippen LogP contribution in [0.1, 0.15) is 13.3 Å². The normalized spacial score (nSPS) is 32.0. The van der Waals surface area contributed by atoms with E-state index in [2.05, 4.69) is 0 Å². The second-order valence-corrected chi connectivity index (χ2v) is 3.73. The summed E-state index contributed by atoms with van der Waals surface area (Å²) in [5, 5.41) is 8.79. The van der Waals surface area contributed by atoms with Gasteiger partial charge in [0.05, 0.1) is 19.1 Å². The Balaban J connectivity index is 2.19. The second kappa shape index (κ2) is 4.54. The fourth-order valence-electron chi connectivity index (χ4n) is 2.05. The monoisotopic (exact) mass is 223 g/mol. The molecule has 0 saturated carbocycles. The number of allylic oxidation sites excluding steroid dienone is 1. The lowest BCUT2D eigenvalue weighted by Gasteiger charge is -2.28. The molecule has 3 unspecified atom stereocenters. The zero-order chi connectivity index (χ0) is 11.5. The first kappa shape index (κ1) is 11.0. The molecule has 0 aromatic rings. The van der Waals surface area contributed by atoms with Gasteiger partial charge in [0.2, 0.25) is 6.29 Å². The molecule has 16 heavy (non-hydrogen) atoms. The SMILES string of the molecule is CCOC(=O)C1C=C(C#N)OC2OCCC21. The third-order valence-electron chi connectivity index (χ3n) is 2.79. The highest BCUT2D eigenvalue weighted by Crippen LogP contribution is 2.36. The summed E-state index contributed by atoms with van der Waals surface area (Å²) < 4.78 is 15.6. The van der Waals surface area contributed by atoms with Crippen LogP contribution in [0.25, 0.3) is 0 Å². The maximum absolute atomic E-state index is 11.7. The van der Waals surface area contributed by atoms with Crippen molar-refractivity contribution in [2.24, 2.45) is 11.8 Å². The van der Waals surface area contributed by atoms with Crippen molar-refractivity contribution in [3.05, 3.63) is 11.8 Å². The fraction of sp³-hybridized carbons (Fsp3) is 0.636. The van der Waals surface area contributed by atoms with Crippen LogP contribution in [0.5, 0.6) is 0 Å². The molecule has 0 spiro atoms. The number of hydrogen-bond donors (Lipinski definition) is 0. The van der Waals surface area contributed by atoms with Crippen LogP contribution in [0.4, 0.5) is 0 Å². The molecule has 2 aliphatic rings. The van der Waals surface area contributed by atoms with Gasteiger partial charge in [-0.3, -0.25) is 4.79 Å². The minimum Gasteiger partial charge on any atom is -0.466 e. The minimum absolute atomic E-state index is 0.0313. The Bertz CT molecular complexity index is 357. The number of fused-ring (bicyclic) bond motifs is 1. The van der Waals surface area contributed by atoms with Gasteiger partial charge in [-0.05, 0) is 19.4 Å². The number of hydrogen-bond acceptors (Lipinski definition) is 5. The molecule has 1 fully saturated rings. The van der Waals surface area contributed by atoms with Crippen LogP contribution >= 0.6 is 0 Å². The molecule has 5 nitrogen and oxygen atoms in total. The van der Waals surface area contributed by atoms with E-state index in [4.69, 9.17) is 19.5 Å². The average molecular weight is 223 g/mol. The molecule has 0 radical (unpaired) electrons. The summed E-state index contributed by atoms with van der Waals surface area (Å²) in [5.74, 6) is -0.618. The summed E-state index contributed by atoms with van der Waals surface area (Å²) in [7, 11) is 0. The second-order valence-electron chi connectivity index (χ2n) is 3.73. The van der Waals surface area contributed by atoms with Crippen molar-refractivity contribution < 1.29 is 19.0 Å². The average Bonchev–Trinajstić information content (AvgIpc) is 2.75. The van der Waals surface area contributed by atoms with E-state index >= 15 is 0 Å². The third kappa shape index (κ3) is 1.89. The number of carbonyl (C=O) groups is 1. The van der Waals surface area contributed by atoms with Gasteiger partial charge in [-0.2, -0.15) is 5.26 Å². The predicted molar refractivity (Wildman–Crippen MR) is 52.8 cm³/mol. The van der Waals surface area contributed by atoms with Crippen LogP contribution in [0.15, 0.2) is 11.8 Å². The van der Waals surface area contributed by atoms with Gasteiger partial charge >= 0.3 is 5.97 Å². The van der Waals surface area contributed by atoms with E-state index in [9.17, 15) is 4.79 Å². The molecule has 86 valence electrons. The maximum atomic E-state index is 11.7. The van der Waals surface area contributed by atoms with Crippen molar-refractivity contribution in [3.63, 3.8) is 0 Å². The topological polar surface area (TPSA) is 68.6 Å². The Hall–Kier alpha value is -1.54. The molecule has 2 aliphatic heterocycles. The van der Waals surface area contributed by atoms with Gasteiger partial charge in [0.1, 0.15) is 6.07 Å². The Kier molecular flexibility index (Phi) is 3.11. The minimum atomic E-state index is -0.478. The van der Waals surface area contributed by atoms with Crippen molar-refractivity contribution in [1.29, 1.82) is 5.26 Å². The molecule has 0 bridgehead atoms. The maximum Gasteiger partial charge on any atom is 0.313 e. The zero-order valence-corrected chi connectivity index (χ0v) is 9.01. The molecule has 1 saturated heterocycles. The lowest BCUT2D eigenvalue weighted by Crippen LogP contribution is -2.35. The first-order chi connectivity index (χ1) is 7.76. The first-order valence-corrected chi connectivity index (χ1v) is 5.33. The highest BCUT2D eigenvalue weighted by molar-refractivity contribution is 5.75. The standard InChI is InChI=1S/C11H13NO4/c1-2-14-10(13)9-5-7(6-12)16-11-8(9)3-4-15-11/h5,8-9,11H,2-4H2,1H3. The number of esters is 1. The molecule has 0 N–H and O–H groups in total. The van der Waals surface area contributed by atoms with Gasteiger partial charge in [-0.25, -0.2) is 0 Å². The number of nitrogens with zero attached hydrogens (tertiary/aromatic N) is 1. The van der Waals surface area contributed by atoms with Crippen molar-refractivity contribution in [2.45, 2.75) is 19.6 Å². The molecule has 0 aromatic carbocycles. The molecule has 2 rings (SSSR count). The van der Waals surface area contributed by atoms with Crippen molar-refractivity contribution in [2.75, 3.05) is 13.2 Å². The van der Waals surface area contributed by atoms with Gasteiger partial charge in [0.25, 0.3) is 0 Å². The van der Waals surface area contributed by atoms with E-state index in [0.717, 1.165) is 6.42 Å². The molecule has 3 atom stereocenters. The molecule has 0 amide bonds. The van der Waals surface area contributed by atoms with Crippen LogP contribution < -0.4 is 0 Å². The van der Waals surface area contributed by atoms with Crippen LogP contribution in [-0.2, 0) is 19.0 Å². The number of rotatable bonds is 2. The van der Waals surface area contributed by atoms with E-state index in [1.165, 1.54) is 6.08 Å². The summed E-state index contributed by atoms with van der Waals surface area (Å²) in [4.78, 5) is 11.7. The largest absolute Gasteiger partial charge is 0.466 e. The number of nitriles is 1. The van der Waals surface area contributed by atoms with Crippen LogP contribution in [0.2, 0.25) is 0 Å². The molecule has 0 aromatic heterocycles. The van der Waals surface area contributed by atoms with Gasteiger partial charge in [-0.1, -0.05) is 0 Å². The molecule has 5 heteroatoms. The van der Waals surface area contributed by atoms with Gasteiger partial charge < -0.3 is 14.2 Å². The van der Waals surface area contributed by atoms with Crippen molar-refractivity contribution in [3.8, 4) is 6.07 Å². The molecular weight excluding hydrogens is 210 g/mol. The zero-order valence-electron chi connectivity index (χ0n) is 9.01. The summed E-state index contributed by atoms with van der Waals surface area (Å²) in [6.07, 6.45) is 1.81. The summed E-state index contributed by atoms with van der Waals surface area (Å²) in [6, 6.07) is 1.89. The Morgan fingerprint density at radius 1 is 1.75 bits per heavy atom. The van der Waals surface area contributed by atoms with Crippen molar-refractivity contribution in [1.82, 2.24) is 0 Å². The molecular formula is C11H13NO4. The quantitative estimate of drug-likeness (QED) is 0.652. The van der Waals surface area contributed by atoms with E-state index in [1.54, 1.807) is 6.92 Å². The van der Waals surface area contributed by atoms with E-state index in [1.807, 2.05) is 6.07 Å². The lowest BCUT2D eigenvalue weighted by molar-refractivity contribution is -0.158. The van der Waals surface area contributed by atoms with Gasteiger partial charge in [-0.15, -0.1) is 0 Å². The van der Waals surface area contributed by atoms with E-state index in [-0.39, 0.29) is 17.6 Å². The van der Waals surface area contributed by atoms with Gasteiger partial charge in [0, 0.05) is 5.92 Å². The summed E-state index contributed by atoms with van der Waals surface area (Å²) in [5.41, 5.74) is 0. The Labute approximate surface area is 93.6 Å². The van der Waals surface area contributed by atoms with Crippen molar-refractivity contribution >= 4 is 5.97 Å². The van der Waals surface area contributed by atoms with E-state index < -0.39 is 12.2 Å². The summed E-state index contributed by atoms with van der Waals surface area (Å²) in [6.45, 7) is 2.65. The smallest absolute Gasteiger partial charge is 0.313 e. The number of carbonyl (C=O) groups excluding carboxylic acids is 1. The first-order valence-electron chi connectivity index (χ1n) is 5.33. The molecule has 0 aliphatic carbocycles. The molecule has 2 heterocycles. The Morgan fingerprint density at radius 2 is 2.56 bits per heavy atom. The Morgan fingerprint density at radius 3 is 3.25 bits per heavy atom. The highest BCUT2D eigenvalue weighted by atomic mass is 16.7. The third-order valence-corrected chi connectivity index (χ3v) is 2.79. The van der Waals surface area contributed by atoms with Crippen LogP contribution in [-0.4, -0.2) is 25.5 Å². The van der Waals surface area contributed by atoms with E-state index in [0.29, 0.717) is 13.2 Å². The lowest BCUT2D eigenvalue weighted by atomic mass is 9.88. The number of ether oxygens (including phenoxy) is 3. The fourth-order valence-corrected chi connectivity index (χ4v) is 2.05.